The highest BCUT2D eigenvalue weighted by Crippen LogP contribution is 2.28. The summed E-state index contributed by atoms with van der Waals surface area (Å²) in [4.78, 5) is 14.7. The molecule has 1 amide bonds. The van der Waals surface area contributed by atoms with E-state index in [0.29, 0.717) is 24.5 Å². The smallest absolute Gasteiger partial charge is 0.254 e. The van der Waals surface area contributed by atoms with Crippen LogP contribution in [0.15, 0.2) is 40.8 Å². The van der Waals surface area contributed by atoms with Crippen LogP contribution in [-0.2, 0) is 4.74 Å². The normalized spacial score (nSPS) is 20.8. The average molecular weight is 339 g/mol. The molecule has 2 aromatic rings. The van der Waals surface area contributed by atoms with Crippen molar-refractivity contribution in [2.75, 3.05) is 26.7 Å². The molecule has 1 aromatic heterocycles. The van der Waals surface area contributed by atoms with Gasteiger partial charge in [0.1, 0.15) is 11.8 Å². The molecule has 0 aliphatic carbocycles. The third kappa shape index (κ3) is 3.73. The first-order valence-corrected chi connectivity index (χ1v) is 8.25. The van der Waals surface area contributed by atoms with E-state index in [-0.39, 0.29) is 23.8 Å². The highest BCUT2D eigenvalue weighted by Gasteiger charge is 2.31. The van der Waals surface area contributed by atoms with Gasteiger partial charge in [-0.25, -0.2) is 0 Å². The van der Waals surface area contributed by atoms with Crippen molar-refractivity contribution in [3.05, 3.63) is 59.0 Å². The first-order chi connectivity index (χ1) is 12.1. The van der Waals surface area contributed by atoms with Gasteiger partial charge in [0, 0.05) is 19.2 Å². The molecule has 6 nitrogen and oxygen atoms in total. The summed E-state index contributed by atoms with van der Waals surface area (Å²) >= 11 is 0. The van der Waals surface area contributed by atoms with Crippen molar-refractivity contribution in [1.29, 1.82) is 5.26 Å². The van der Waals surface area contributed by atoms with E-state index in [1.807, 2.05) is 24.3 Å². The molecule has 0 saturated carbocycles. The number of hydrogen-bond donors (Lipinski definition) is 1. The topological polar surface area (TPSA) is 78.5 Å². The molecule has 3 rings (SSSR count). The molecule has 0 unspecified atom stereocenters. The van der Waals surface area contributed by atoms with E-state index in [1.165, 1.54) is 6.07 Å². The second kappa shape index (κ2) is 7.51. The van der Waals surface area contributed by atoms with E-state index in [9.17, 15) is 4.79 Å². The van der Waals surface area contributed by atoms with Gasteiger partial charge in [-0.05, 0) is 19.5 Å². The van der Waals surface area contributed by atoms with Gasteiger partial charge in [-0.1, -0.05) is 30.3 Å². The molecule has 1 fully saturated rings. The molecule has 130 valence electrons. The lowest BCUT2D eigenvalue weighted by Crippen LogP contribution is -2.48. The minimum absolute atomic E-state index is 0.0790. The molecule has 1 aliphatic heterocycles. The predicted octanol–water partition coefficient (Wildman–Crippen LogP) is 2.26. The largest absolute Gasteiger partial charge is 0.450 e. The molecule has 2 heterocycles. The molecule has 2 atom stereocenters. The van der Waals surface area contributed by atoms with Gasteiger partial charge in [0.05, 0.1) is 24.3 Å². The van der Waals surface area contributed by atoms with Crippen molar-refractivity contribution in [1.82, 2.24) is 10.2 Å². The summed E-state index contributed by atoms with van der Waals surface area (Å²) in [6, 6.07) is 13.6. The molecular weight excluding hydrogens is 318 g/mol. The Morgan fingerprint density at radius 2 is 2.16 bits per heavy atom. The van der Waals surface area contributed by atoms with Crippen LogP contribution in [0, 0.1) is 18.3 Å². The van der Waals surface area contributed by atoms with E-state index in [2.05, 4.69) is 29.4 Å². The molecule has 1 saturated heterocycles. The summed E-state index contributed by atoms with van der Waals surface area (Å²) < 4.78 is 11.1. The highest BCUT2D eigenvalue weighted by molar-refractivity contribution is 5.95. The van der Waals surface area contributed by atoms with Crippen molar-refractivity contribution in [3.63, 3.8) is 0 Å². The van der Waals surface area contributed by atoms with Gasteiger partial charge in [-0.15, -0.1) is 0 Å². The van der Waals surface area contributed by atoms with Crippen LogP contribution in [0.1, 0.15) is 33.5 Å². The Bertz CT molecular complexity index is 779. The lowest BCUT2D eigenvalue weighted by atomic mass is 9.98. The van der Waals surface area contributed by atoms with E-state index >= 15 is 0 Å². The van der Waals surface area contributed by atoms with Gasteiger partial charge in [-0.2, -0.15) is 5.26 Å². The Kier molecular flexibility index (Phi) is 5.17. The summed E-state index contributed by atoms with van der Waals surface area (Å²) in [5.74, 6) is 0.320. The standard InChI is InChI=1S/C19H21N3O3/c1-13-16(10-15(11-20)25-13)19(23)21-12-17-18(22(2)8-9-24-17)14-6-4-3-5-7-14/h3-7,10,17-18H,8-9,12H2,1-2H3,(H,21,23)/t17-,18-/m0/s1. The first-order valence-electron chi connectivity index (χ1n) is 8.25. The number of furan rings is 1. The van der Waals surface area contributed by atoms with Gasteiger partial charge < -0.3 is 14.5 Å². The van der Waals surface area contributed by atoms with Crippen LogP contribution >= 0.6 is 0 Å². The number of nitriles is 1. The molecule has 6 heteroatoms. The number of carbonyl (C=O) groups is 1. The molecule has 25 heavy (non-hydrogen) atoms. The van der Waals surface area contributed by atoms with Crippen LogP contribution in [0.2, 0.25) is 0 Å². The number of ether oxygens (including phenoxy) is 1. The average Bonchev–Trinajstić information content (AvgIpc) is 3.01. The van der Waals surface area contributed by atoms with Gasteiger partial charge in [0.25, 0.3) is 5.91 Å². The minimum atomic E-state index is -0.258. The number of benzene rings is 1. The minimum Gasteiger partial charge on any atom is -0.450 e. The highest BCUT2D eigenvalue weighted by atomic mass is 16.5. The van der Waals surface area contributed by atoms with Crippen LogP contribution < -0.4 is 5.32 Å². The number of likely N-dealkylation sites (N-methyl/N-ethyl adjacent to an activating group) is 1. The van der Waals surface area contributed by atoms with Crippen LogP contribution in [-0.4, -0.2) is 43.7 Å². The van der Waals surface area contributed by atoms with Crippen LogP contribution in [0.3, 0.4) is 0 Å². The fourth-order valence-corrected chi connectivity index (χ4v) is 3.20. The lowest BCUT2D eigenvalue weighted by molar-refractivity contribution is -0.0605. The second-order valence-electron chi connectivity index (χ2n) is 6.15. The molecule has 0 spiro atoms. The summed E-state index contributed by atoms with van der Waals surface area (Å²) in [5, 5.41) is 11.8. The van der Waals surface area contributed by atoms with Crippen molar-refractivity contribution in [2.45, 2.75) is 19.1 Å². The number of rotatable bonds is 4. The number of amides is 1. The first kappa shape index (κ1) is 17.2. The second-order valence-corrected chi connectivity index (χ2v) is 6.15. The molecular formula is C19H21N3O3. The summed E-state index contributed by atoms with van der Waals surface area (Å²) in [6.07, 6.45) is -0.146. The van der Waals surface area contributed by atoms with E-state index in [1.54, 1.807) is 6.92 Å². The summed E-state index contributed by atoms with van der Waals surface area (Å²) in [6.45, 7) is 3.53. The quantitative estimate of drug-likeness (QED) is 0.924. The Labute approximate surface area is 147 Å². The number of hydrogen-bond acceptors (Lipinski definition) is 5. The van der Waals surface area contributed by atoms with Crippen molar-refractivity contribution < 1.29 is 13.9 Å². The number of aryl methyl sites for hydroxylation is 1. The molecule has 0 bridgehead atoms. The lowest BCUT2D eigenvalue weighted by Gasteiger charge is -2.39. The Morgan fingerprint density at radius 1 is 1.40 bits per heavy atom. The maximum Gasteiger partial charge on any atom is 0.254 e. The van der Waals surface area contributed by atoms with Crippen molar-refractivity contribution in [3.8, 4) is 6.07 Å². The Hall–Kier alpha value is -2.62. The zero-order valence-corrected chi connectivity index (χ0v) is 14.4. The number of morpholine rings is 1. The summed E-state index contributed by atoms with van der Waals surface area (Å²) in [5.41, 5.74) is 1.55. The van der Waals surface area contributed by atoms with Crippen molar-refractivity contribution in [2.24, 2.45) is 0 Å². The van der Waals surface area contributed by atoms with Crippen LogP contribution in [0.5, 0.6) is 0 Å². The van der Waals surface area contributed by atoms with E-state index in [0.717, 1.165) is 12.1 Å². The van der Waals surface area contributed by atoms with Crippen molar-refractivity contribution >= 4 is 5.91 Å². The molecule has 0 radical (unpaired) electrons. The third-order valence-corrected chi connectivity index (χ3v) is 4.48. The third-order valence-electron chi connectivity index (χ3n) is 4.48. The van der Waals surface area contributed by atoms with Gasteiger partial charge in [0.2, 0.25) is 5.76 Å². The maximum atomic E-state index is 12.4. The molecule has 1 N–H and O–H groups in total. The fraction of sp³-hybridized carbons (Fsp3) is 0.368. The summed E-state index contributed by atoms with van der Waals surface area (Å²) in [7, 11) is 2.06. The SMILES string of the molecule is Cc1oc(C#N)cc1C(=O)NC[C@@H]1OCCN(C)[C@H]1c1ccccc1. The Morgan fingerprint density at radius 3 is 2.84 bits per heavy atom. The van der Waals surface area contributed by atoms with Gasteiger partial charge in [-0.3, -0.25) is 9.69 Å². The van der Waals surface area contributed by atoms with Crippen LogP contribution in [0.4, 0.5) is 0 Å². The number of nitrogens with zero attached hydrogens (tertiary/aromatic N) is 2. The number of carbonyl (C=O) groups excluding carboxylic acids is 1. The number of nitrogens with one attached hydrogen (secondary N) is 1. The van der Waals surface area contributed by atoms with E-state index in [4.69, 9.17) is 14.4 Å². The predicted molar refractivity (Wildman–Crippen MR) is 92.0 cm³/mol. The monoisotopic (exact) mass is 339 g/mol. The van der Waals surface area contributed by atoms with E-state index < -0.39 is 0 Å². The molecule has 1 aromatic carbocycles. The Balaban J connectivity index is 1.71. The maximum absolute atomic E-state index is 12.4. The fourth-order valence-electron chi connectivity index (χ4n) is 3.20. The molecule has 1 aliphatic rings. The van der Waals surface area contributed by atoms with Gasteiger partial charge in [0.15, 0.2) is 0 Å². The zero-order valence-electron chi connectivity index (χ0n) is 14.4. The van der Waals surface area contributed by atoms with Gasteiger partial charge >= 0.3 is 0 Å². The van der Waals surface area contributed by atoms with Crippen LogP contribution in [0.25, 0.3) is 0 Å². The zero-order chi connectivity index (χ0) is 17.8.